The summed E-state index contributed by atoms with van der Waals surface area (Å²) >= 11 is 0. The molecular weight excluding hydrogens is 348 g/mol. The molecule has 2 bridgehead atoms. The minimum atomic E-state index is 0.192. The van der Waals surface area contributed by atoms with Gasteiger partial charge in [-0.2, -0.15) is 0 Å². The molecule has 3 aromatic rings. The SMILES string of the molecule is O=C(Cc1nc2ccccc2[nH]1)N1C[C@H]2CC[C@@H](C1)N(Cc1ccccc1)C2. The van der Waals surface area contributed by atoms with E-state index in [0.29, 0.717) is 18.4 Å². The fraction of sp³-hybridized carbons (Fsp3) is 0.391. The lowest BCUT2D eigenvalue weighted by atomic mass is 9.94. The normalized spacial score (nSPS) is 22.5. The van der Waals surface area contributed by atoms with Crippen molar-refractivity contribution in [3.8, 4) is 0 Å². The van der Waals surface area contributed by atoms with Gasteiger partial charge < -0.3 is 9.88 Å². The van der Waals surface area contributed by atoms with Crippen LogP contribution in [-0.2, 0) is 17.8 Å². The zero-order valence-corrected chi connectivity index (χ0v) is 16.1. The largest absolute Gasteiger partial charge is 0.342 e. The summed E-state index contributed by atoms with van der Waals surface area (Å²) in [6, 6.07) is 19.1. The number of carbonyl (C=O) groups is 1. The summed E-state index contributed by atoms with van der Waals surface area (Å²) in [5, 5.41) is 0. The number of hydrogen-bond donors (Lipinski definition) is 1. The molecule has 5 heteroatoms. The number of imidazole rings is 1. The molecule has 144 valence electrons. The summed E-state index contributed by atoms with van der Waals surface area (Å²) in [4.78, 5) is 25.6. The molecule has 28 heavy (non-hydrogen) atoms. The molecule has 0 aliphatic carbocycles. The molecule has 0 saturated carbocycles. The molecule has 5 nitrogen and oxygen atoms in total. The minimum Gasteiger partial charge on any atom is -0.342 e. The fourth-order valence-electron chi connectivity index (χ4n) is 4.74. The first-order chi connectivity index (χ1) is 13.7. The van der Waals surface area contributed by atoms with Gasteiger partial charge in [-0.1, -0.05) is 42.5 Å². The summed E-state index contributed by atoms with van der Waals surface area (Å²) < 4.78 is 0. The summed E-state index contributed by atoms with van der Waals surface area (Å²) in [6.07, 6.45) is 2.77. The molecule has 1 aromatic heterocycles. The van der Waals surface area contributed by atoms with Crippen LogP contribution in [0.1, 0.15) is 24.2 Å². The van der Waals surface area contributed by atoms with E-state index in [4.69, 9.17) is 0 Å². The highest BCUT2D eigenvalue weighted by Gasteiger charge is 2.36. The average Bonchev–Trinajstić information content (AvgIpc) is 2.89. The van der Waals surface area contributed by atoms with Crippen molar-refractivity contribution >= 4 is 16.9 Å². The highest BCUT2D eigenvalue weighted by molar-refractivity contribution is 5.80. The Labute approximate surface area is 165 Å². The number of para-hydroxylation sites is 2. The van der Waals surface area contributed by atoms with Crippen LogP contribution >= 0.6 is 0 Å². The van der Waals surface area contributed by atoms with Crippen LogP contribution in [0.5, 0.6) is 0 Å². The lowest BCUT2D eigenvalue weighted by Crippen LogP contribution is -2.44. The Morgan fingerprint density at radius 1 is 1.00 bits per heavy atom. The summed E-state index contributed by atoms with van der Waals surface area (Å²) in [6.45, 7) is 3.78. The van der Waals surface area contributed by atoms with Crippen molar-refractivity contribution < 1.29 is 4.79 Å². The van der Waals surface area contributed by atoms with Gasteiger partial charge in [0.15, 0.2) is 0 Å². The van der Waals surface area contributed by atoms with E-state index in [1.165, 1.54) is 18.4 Å². The van der Waals surface area contributed by atoms with E-state index < -0.39 is 0 Å². The predicted octanol–water partition coefficient (Wildman–Crippen LogP) is 3.23. The smallest absolute Gasteiger partial charge is 0.230 e. The Balaban J connectivity index is 1.28. The van der Waals surface area contributed by atoms with Crippen molar-refractivity contribution in [3.63, 3.8) is 0 Å². The van der Waals surface area contributed by atoms with Crippen LogP contribution in [-0.4, -0.2) is 51.4 Å². The monoisotopic (exact) mass is 374 g/mol. The molecule has 2 aromatic carbocycles. The highest BCUT2D eigenvalue weighted by atomic mass is 16.2. The number of nitrogens with one attached hydrogen (secondary N) is 1. The molecule has 3 aliphatic rings. The van der Waals surface area contributed by atoms with Gasteiger partial charge in [0.2, 0.25) is 5.91 Å². The molecule has 3 saturated heterocycles. The second-order valence-electron chi connectivity index (χ2n) is 8.19. The molecule has 6 rings (SSSR count). The molecule has 0 spiro atoms. The quantitative estimate of drug-likeness (QED) is 0.763. The Bertz CT molecular complexity index is 934. The van der Waals surface area contributed by atoms with Gasteiger partial charge in [-0.05, 0) is 36.5 Å². The first-order valence-electron chi connectivity index (χ1n) is 10.2. The number of nitrogens with zero attached hydrogens (tertiary/aromatic N) is 3. The van der Waals surface area contributed by atoms with Gasteiger partial charge >= 0.3 is 0 Å². The third-order valence-corrected chi connectivity index (χ3v) is 6.17. The summed E-state index contributed by atoms with van der Waals surface area (Å²) in [5.74, 6) is 1.53. The summed E-state index contributed by atoms with van der Waals surface area (Å²) in [5.41, 5.74) is 3.28. The Kier molecular flexibility index (Phi) is 4.61. The molecule has 4 heterocycles. The van der Waals surface area contributed by atoms with E-state index in [9.17, 15) is 4.79 Å². The van der Waals surface area contributed by atoms with E-state index in [1.54, 1.807) is 0 Å². The maximum absolute atomic E-state index is 13.0. The van der Waals surface area contributed by atoms with E-state index in [-0.39, 0.29) is 5.91 Å². The number of hydrogen-bond acceptors (Lipinski definition) is 3. The van der Waals surface area contributed by atoms with Crippen molar-refractivity contribution in [2.45, 2.75) is 31.8 Å². The van der Waals surface area contributed by atoms with Crippen molar-refractivity contribution in [2.75, 3.05) is 19.6 Å². The third-order valence-electron chi connectivity index (χ3n) is 6.17. The molecule has 2 atom stereocenters. The van der Waals surface area contributed by atoms with Gasteiger partial charge in [-0.3, -0.25) is 9.69 Å². The molecule has 1 amide bonds. The van der Waals surface area contributed by atoms with Gasteiger partial charge in [0.25, 0.3) is 0 Å². The summed E-state index contributed by atoms with van der Waals surface area (Å²) in [7, 11) is 0. The molecule has 3 fully saturated rings. The van der Waals surface area contributed by atoms with E-state index in [2.05, 4.69) is 50.1 Å². The third kappa shape index (κ3) is 3.54. The van der Waals surface area contributed by atoms with Gasteiger partial charge in [0.1, 0.15) is 5.82 Å². The first-order valence-corrected chi connectivity index (χ1v) is 10.2. The molecule has 0 unspecified atom stereocenters. The zero-order chi connectivity index (χ0) is 18.9. The van der Waals surface area contributed by atoms with Gasteiger partial charge in [0.05, 0.1) is 17.5 Å². The highest BCUT2D eigenvalue weighted by Crippen LogP contribution is 2.29. The number of fused-ring (bicyclic) bond motifs is 5. The number of piperidine rings is 1. The topological polar surface area (TPSA) is 52.2 Å². The van der Waals surface area contributed by atoms with E-state index in [1.807, 2.05) is 24.3 Å². The number of aromatic amines is 1. The minimum absolute atomic E-state index is 0.192. The molecule has 0 radical (unpaired) electrons. The maximum atomic E-state index is 13.0. The van der Waals surface area contributed by atoms with Gasteiger partial charge in [-0.25, -0.2) is 4.98 Å². The first kappa shape index (κ1) is 17.4. The number of H-pyrrole nitrogens is 1. The second-order valence-corrected chi connectivity index (χ2v) is 8.19. The van der Waals surface area contributed by atoms with E-state index >= 15 is 0 Å². The number of aromatic nitrogens is 2. The maximum Gasteiger partial charge on any atom is 0.230 e. The number of carbonyl (C=O) groups excluding carboxylic acids is 1. The second kappa shape index (κ2) is 7.40. The van der Waals surface area contributed by atoms with Crippen LogP contribution < -0.4 is 0 Å². The lowest BCUT2D eigenvalue weighted by Gasteiger charge is -2.36. The van der Waals surface area contributed by atoms with Crippen LogP contribution in [0.15, 0.2) is 54.6 Å². The van der Waals surface area contributed by atoms with E-state index in [0.717, 1.165) is 43.0 Å². The van der Waals surface area contributed by atoms with Crippen LogP contribution in [0.25, 0.3) is 11.0 Å². The standard InChI is InChI=1S/C23H26N4O/c28-23(12-22-24-20-8-4-5-9-21(20)25-22)27-15-18-10-11-19(16-27)26(14-18)13-17-6-2-1-3-7-17/h1-9,18-19H,10-16H2,(H,24,25)/t18-,19-/m0/s1. The van der Waals surface area contributed by atoms with Gasteiger partial charge in [0, 0.05) is 32.2 Å². The van der Waals surface area contributed by atoms with Crippen molar-refractivity contribution in [1.29, 1.82) is 0 Å². The van der Waals surface area contributed by atoms with Crippen molar-refractivity contribution in [3.05, 3.63) is 66.0 Å². The number of rotatable bonds is 4. The van der Waals surface area contributed by atoms with Crippen molar-refractivity contribution in [2.24, 2.45) is 5.92 Å². The van der Waals surface area contributed by atoms with Crippen LogP contribution in [0.3, 0.4) is 0 Å². The Hall–Kier alpha value is -2.66. The molecular formula is C23H26N4O. The van der Waals surface area contributed by atoms with Crippen molar-refractivity contribution in [1.82, 2.24) is 19.8 Å². The fourth-order valence-corrected chi connectivity index (χ4v) is 4.74. The number of amides is 1. The zero-order valence-electron chi connectivity index (χ0n) is 16.1. The predicted molar refractivity (Wildman–Crippen MR) is 110 cm³/mol. The Morgan fingerprint density at radius 2 is 1.82 bits per heavy atom. The Morgan fingerprint density at radius 3 is 2.68 bits per heavy atom. The average molecular weight is 374 g/mol. The number of benzene rings is 2. The molecule has 3 aliphatic heterocycles. The van der Waals surface area contributed by atoms with Crippen LogP contribution in [0.4, 0.5) is 0 Å². The van der Waals surface area contributed by atoms with Crippen LogP contribution in [0.2, 0.25) is 0 Å². The lowest BCUT2D eigenvalue weighted by molar-refractivity contribution is -0.131. The van der Waals surface area contributed by atoms with Crippen LogP contribution in [0, 0.1) is 5.92 Å². The van der Waals surface area contributed by atoms with Gasteiger partial charge in [-0.15, -0.1) is 0 Å². The molecule has 1 N–H and O–H groups in total.